The van der Waals surface area contributed by atoms with E-state index in [-0.39, 0.29) is 12.1 Å². The number of nitrogens with zero attached hydrogens (tertiary/aromatic N) is 1. The summed E-state index contributed by atoms with van der Waals surface area (Å²) in [7, 11) is -2.94. The average Bonchev–Trinajstić information content (AvgIpc) is 1.82. The number of hydrogen-bond donors (Lipinski definition) is 0. The van der Waals surface area contributed by atoms with E-state index in [1.165, 1.54) is 0 Å². The van der Waals surface area contributed by atoms with Crippen LogP contribution in [0.1, 0.15) is 33.6 Å². The van der Waals surface area contributed by atoms with Crippen molar-refractivity contribution in [2.24, 2.45) is 0 Å². The van der Waals surface area contributed by atoms with Gasteiger partial charge in [0.15, 0.2) is 0 Å². The molecule has 1 aliphatic heterocycles. The monoisotopic (exact) mass is 191 g/mol. The van der Waals surface area contributed by atoms with Gasteiger partial charge in [0.05, 0.1) is 5.75 Å². The molecule has 0 unspecified atom stereocenters. The Bertz CT molecular complexity index is 246. The zero-order valence-electron chi connectivity index (χ0n) is 7.95. The molecule has 0 aliphatic carbocycles. The first-order chi connectivity index (χ1) is 5.45. The molecule has 0 aromatic rings. The normalized spacial score (nSPS) is 30.8. The van der Waals surface area contributed by atoms with Crippen molar-refractivity contribution in [1.82, 2.24) is 4.31 Å². The van der Waals surface area contributed by atoms with Crippen LogP contribution in [-0.4, -0.2) is 30.6 Å². The highest BCUT2D eigenvalue weighted by Gasteiger charge is 2.32. The molecule has 1 atom stereocenters. The third-order valence-electron chi connectivity index (χ3n) is 2.29. The molecule has 12 heavy (non-hydrogen) atoms. The smallest absolute Gasteiger partial charge is 0.212 e. The fourth-order valence-electron chi connectivity index (χ4n) is 1.90. The van der Waals surface area contributed by atoms with Gasteiger partial charge >= 0.3 is 0 Å². The van der Waals surface area contributed by atoms with Crippen LogP contribution in [0.3, 0.4) is 0 Å². The van der Waals surface area contributed by atoms with Crippen molar-refractivity contribution in [2.75, 3.05) is 5.75 Å². The van der Waals surface area contributed by atoms with Gasteiger partial charge in [-0.3, -0.25) is 0 Å². The molecule has 0 saturated carbocycles. The van der Waals surface area contributed by atoms with Crippen molar-refractivity contribution < 1.29 is 8.42 Å². The van der Waals surface area contributed by atoms with Gasteiger partial charge in [0.1, 0.15) is 0 Å². The van der Waals surface area contributed by atoms with Crippen molar-refractivity contribution in [2.45, 2.75) is 45.7 Å². The second-order valence-corrected chi connectivity index (χ2v) is 5.72. The molecule has 1 rings (SSSR count). The van der Waals surface area contributed by atoms with Crippen LogP contribution in [0, 0.1) is 0 Å². The summed E-state index contributed by atoms with van der Waals surface area (Å²) < 4.78 is 24.8. The van der Waals surface area contributed by atoms with E-state index in [4.69, 9.17) is 0 Å². The van der Waals surface area contributed by atoms with E-state index >= 15 is 0 Å². The van der Waals surface area contributed by atoms with Crippen LogP contribution in [0.15, 0.2) is 0 Å². The van der Waals surface area contributed by atoms with Crippen LogP contribution in [0.2, 0.25) is 0 Å². The summed E-state index contributed by atoms with van der Waals surface area (Å²) in [5, 5.41) is 0. The molecular weight excluding hydrogens is 174 g/mol. The summed E-state index contributed by atoms with van der Waals surface area (Å²) >= 11 is 0. The predicted molar refractivity (Wildman–Crippen MR) is 49.5 cm³/mol. The Kier molecular flexibility index (Phi) is 2.78. The molecule has 1 heterocycles. The third kappa shape index (κ3) is 1.80. The van der Waals surface area contributed by atoms with Crippen molar-refractivity contribution in [3.63, 3.8) is 0 Å². The Morgan fingerprint density at radius 1 is 1.42 bits per heavy atom. The van der Waals surface area contributed by atoms with Crippen LogP contribution in [0.5, 0.6) is 0 Å². The maximum Gasteiger partial charge on any atom is 0.214 e. The Morgan fingerprint density at radius 3 is 2.33 bits per heavy atom. The zero-order chi connectivity index (χ0) is 9.35. The van der Waals surface area contributed by atoms with Crippen LogP contribution in [-0.2, 0) is 10.0 Å². The molecule has 1 fully saturated rings. The number of sulfonamides is 1. The molecule has 0 bridgehead atoms. The maximum absolute atomic E-state index is 11.6. The summed E-state index contributed by atoms with van der Waals surface area (Å²) in [4.78, 5) is 0. The maximum atomic E-state index is 11.6. The van der Waals surface area contributed by atoms with Gasteiger partial charge in [-0.05, 0) is 33.6 Å². The second-order valence-electron chi connectivity index (χ2n) is 3.73. The van der Waals surface area contributed by atoms with Gasteiger partial charge in [0.25, 0.3) is 0 Å². The van der Waals surface area contributed by atoms with Crippen LogP contribution in [0.25, 0.3) is 0 Å². The van der Waals surface area contributed by atoms with Gasteiger partial charge in [0.2, 0.25) is 10.0 Å². The second kappa shape index (κ2) is 3.34. The summed E-state index contributed by atoms with van der Waals surface area (Å²) in [5.74, 6) is 0.329. The lowest BCUT2D eigenvalue weighted by molar-refractivity contribution is 0.260. The van der Waals surface area contributed by atoms with Gasteiger partial charge < -0.3 is 0 Å². The lowest BCUT2D eigenvalue weighted by Crippen LogP contribution is -2.47. The van der Waals surface area contributed by atoms with Gasteiger partial charge in [-0.2, -0.15) is 4.31 Å². The lowest BCUT2D eigenvalue weighted by Gasteiger charge is -2.35. The van der Waals surface area contributed by atoms with Crippen molar-refractivity contribution in [3.05, 3.63) is 0 Å². The molecule has 1 saturated heterocycles. The molecule has 4 heteroatoms. The standard InChI is InChI=1S/C8H17NO2S/c1-7(2)9-8(3)5-4-6-12(9,10)11/h7-8H,4-6H2,1-3H3/t8-/m1/s1. The zero-order valence-corrected chi connectivity index (χ0v) is 8.76. The van der Waals surface area contributed by atoms with Crippen LogP contribution in [0.4, 0.5) is 0 Å². The Balaban J connectivity index is 2.89. The van der Waals surface area contributed by atoms with E-state index in [9.17, 15) is 8.42 Å². The molecule has 3 nitrogen and oxygen atoms in total. The average molecular weight is 191 g/mol. The molecule has 0 amide bonds. The molecule has 0 radical (unpaired) electrons. The fraction of sp³-hybridized carbons (Fsp3) is 1.00. The lowest BCUT2D eigenvalue weighted by atomic mass is 10.2. The molecule has 0 N–H and O–H groups in total. The van der Waals surface area contributed by atoms with Crippen molar-refractivity contribution >= 4 is 10.0 Å². The predicted octanol–water partition coefficient (Wildman–Crippen LogP) is 1.21. The first-order valence-electron chi connectivity index (χ1n) is 4.46. The van der Waals surface area contributed by atoms with E-state index in [1.54, 1.807) is 4.31 Å². The summed E-state index contributed by atoms with van der Waals surface area (Å²) in [6.07, 6.45) is 1.81. The first-order valence-corrected chi connectivity index (χ1v) is 6.07. The fourth-order valence-corrected chi connectivity index (χ4v) is 3.94. The summed E-state index contributed by atoms with van der Waals surface area (Å²) in [6, 6.07) is 0.286. The minimum absolute atomic E-state index is 0.102. The van der Waals surface area contributed by atoms with E-state index in [1.807, 2.05) is 20.8 Å². The SMILES string of the molecule is CC(C)N1[C@H](C)CCCS1(=O)=O. The van der Waals surface area contributed by atoms with E-state index in [2.05, 4.69) is 0 Å². The van der Waals surface area contributed by atoms with E-state index in [0.29, 0.717) is 5.75 Å². The largest absolute Gasteiger partial charge is 0.214 e. The summed E-state index contributed by atoms with van der Waals surface area (Å²) in [6.45, 7) is 5.84. The van der Waals surface area contributed by atoms with Crippen molar-refractivity contribution in [3.8, 4) is 0 Å². The first kappa shape index (κ1) is 9.99. The Hall–Kier alpha value is -0.0900. The minimum atomic E-state index is -2.94. The van der Waals surface area contributed by atoms with Gasteiger partial charge in [-0.1, -0.05) is 0 Å². The highest BCUT2D eigenvalue weighted by Crippen LogP contribution is 2.22. The number of hydrogen-bond acceptors (Lipinski definition) is 2. The molecule has 0 aromatic heterocycles. The quantitative estimate of drug-likeness (QED) is 0.624. The molecule has 1 aliphatic rings. The highest BCUT2D eigenvalue weighted by atomic mass is 32.2. The van der Waals surface area contributed by atoms with Crippen molar-refractivity contribution in [1.29, 1.82) is 0 Å². The molecule has 0 spiro atoms. The minimum Gasteiger partial charge on any atom is -0.212 e. The van der Waals surface area contributed by atoms with E-state index < -0.39 is 10.0 Å². The molecule has 72 valence electrons. The van der Waals surface area contributed by atoms with Gasteiger partial charge in [0, 0.05) is 12.1 Å². The van der Waals surface area contributed by atoms with Crippen LogP contribution < -0.4 is 0 Å². The highest BCUT2D eigenvalue weighted by molar-refractivity contribution is 7.89. The Labute approximate surface area is 74.8 Å². The summed E-state index contributed by atoms with van der Waals surface area (Å²) in [5.41, 5.74) is 0. The Morgan fingerprint density at radius 2 is 2.00 bits per heavy atom. The molecular formula is C8H17NO2S. The van der Waals surface area contributed by atoms with E-state index in [0.717, 1.165) is 12.8 Å². The van der Waals surface area contributed by atoms with Gasteiger partial charge in [-0.25, -0.2) is 8.42 Å². The third-order valence-corrected chi connectivity index (χ3v) is 4.52. The van der Waals surface area contributed by atoms with Crippen LogP contribution >= 0.6 is 0 Å². The van der Waals surface area contributed by atoms with Gasteiger partial charge in [-0.15, -0.1) is 0 Å². The number of rotatable bonds is 1. The topological polar surface area (TPSA) is 37.4 Å². The molecule has 0 aromatic carbocycles.